The van der Waals surface area contributed by atoms with E-state index < -0.39 is 7.26 Å². The van der Waals surface area contributed by atoms with Gasteiger partial charge in [-0.2, -0.15) is 0 Å². The third-order valence-electron chi connectivity index (χ3n) is 5.32. The fraction of sp³-hybridized carbons (Fsp3) is 0.0769. The zero-order valence-corrected chi connectivity index (χ0v) is 16.6. The van der Waals surface area contributed by atoms with Crippen molar-refractivity contribution in [3.05, 3.63) is 127 Å². The molecule has 0 spiro atoms. The van der Waals surface area contributed by atoms with Crippen LogP contribution in [0.3, 0.4) is 0 Å². The molecule has 4 rings (SSSR count). The average molecular weight is 383 g/mol. The van der Waals surface area contributed by atoms with Gasteiger partial charge in [0.1, 0.15) is 28.8 Å². The van der Waals surface area contributed by atoms with Gasteiger partial charge in [0.05, 0.1) is 6.61 Å². The molecule has 0 aliphatic heterocycles. The maximum absolute atomic E-state index is 10.7. The summed E-state index contributed by atoms with van der Waals surface area (Å²) in [6.45, 7) is 0.0937. The number of rotatable bonds is 6. The zero-order chi connectivity index (χ0) is 19.2. The monoisotopic (exact) mass is 383 g/mol. The van der Waals surface area contributed by atoms with Crippen molar-refractivity contribution in [2.75, 3.05) is 6.61 Å². The van der Waals surface area contributed by atoms with Crippen molar-refractivity contribution in [2.24, 2.45) is 0 Å². The highest BCUT2D eigenvalue weighted by molar-refractivity contribution is 7.96. The van der Waals surface area contributed by atoms with Gasteiger partial charge in [-0.3, -0.25) is 0 Å². The van der Waals surface area contributed by atoms with Gasteiger partial charge < -0.3 is 5.11 Å². The first-order chi connectivity index (χ1) is 13.9. The first-order valence-corrected chi connectivity index (χ1v) is 11.4. The van der Waals surface area contributed by atoms with E-state index in [1.807, 2.05) is 6.07 Å². The maximum Gasteiger partial charge on any atom is 0.132 e. The largest absolute Gasteiger partial charge is 0.392 e. The summed E-state index contributed by atoms with van der Waals surface area (Å²) in [5.74, 6) is 0. The second-order valence-electron chi connectivity index (χ2n) is 6.84. The molecule has 0 unspecified atom stereocenters. The molecule has 1 atom stereocenters. The van der Waals surface area contributed by atoms with Gasteiger partial charge >= 0.3 is 0 Å². The van der Waals surface area contributed by atoms with Crippen LogP contribution in [0.2, 0.25) is 0 Å². The van der Waals surface area contributed by atoms with E-state index in [4.69, 9.17) is 0 Å². The molecule has 4 aromatic carbocycles. The summed E-state index contributed by atoms with van der Waals surface area (Å²) in [6.07, 6.45) is 0. The minimum atomic E-state index is -2.14. The van der Waals surface area contributed by atoms with Crippen LogP contribution in [-0.2, 0) is 0 Å². The highest BCUT2D eigenvalue weighted by Gasteiger charge is 2.52. The second-order valence-corrected chi connectivity index (χ2v) is 10.5. The molecule has 0 aromatic heterocycles. The molecule has 0 fully saturated rings. The van der Waals surface area contributed by atoms with Crippen LogP contribution in [0.5, 0.6) is 0 Å². The van der Waals surface area contributed by atoms with E-state index >= 15 is 0 Å². The molecule has 1 nitrogen and oxygen atoms in total. The van der Waals surface area contributed by atoms with E-state index in [0.29, 0.717) is 0 Å². The standard InChI is InChI=1S/C26H24OP/c27-21-26(22-13-5-1-6-14-22)28(23-15-7-2-8-16-23,24-17-9-3-10-18-24)25-19-11-4-12-20-25/h1-20,26-27H,21H2/q+1/t26-/m1/s1. The molecular formula is C26H24OP+. The molecule has 28 heavy (non-hydrogen) atoms. The maximum atomic E-state index is 10.7. The van der Waals surface area contributed by atoms with Crippen molar-refractivity contribution in [1.29, 1.82) is 0 Å². The minimum absolute atomic E-state index is 0.0131. The van der Waals surface area contributed by atoms with Gasteiger partial charge in [-0.15, -0.1) is 0 Å². The van der Waals surface area contributed by atoms with Crippen LogP contribution in [0.4, 0.5) is 0 Å². The first-order valence-electron chi connectivity index (χ1n) is 9.58. The fourth-order valence-corrected chi connectivity index (χ4v) is 8.87. The molecule has 0 aliphatic rings. The topological polar surface area (TPSA) is 20.2 Å². The number of aliphatic hydroxyl groups excluding tert-OH is 1. The Morgan fingerprint density at radius 3 is 1.14 bits per heavy atom. The molecule has 1 N–H and O–H groups in total. The van der Waals surface area contributed by atoms with Crippen LogP contribution in [0.1, 0.15) is 11.2 Å². The Kier molecular flexibility index (Phi) is 5.67. The van der Waals surface area contributed by atoms with Crippen molar-refractivity contribution in [3.8, 4) is 0 Å². The van der Waals surface area contributed by atoms with Crippen molar-refractivity contribution < 1.29 is 5.11 Å². The van der Waals surface area contributed by atoms with Crippen LogP contribution in [-0.4, -0.2) is 11.7 Å². The van der Waals surface area contributed by atoms with E-state index in [-0.39, 0.29) is 12.3 Å². The van der Waals surface area contributed by atoms with Gasteiger partial charge in [0, 0.05) is 0 Å². The lowest BCUT2D eigenvalue weighted by atomic mass is 10.1. The Hall–Kier alpha value is -2.73. The summed E-state index contributed by atoms with van der Waals surface area (Å²) >= 11 is 0. The predicted molar refractivity (Wildman–Crippen MR) is 121 cm³/mol. The van der Waals surface area contributed by atoms with Gasteiger partial charge in [0.15, 0.2) is 0 Å². The highest BCUT2D eigenvalue weighted by atomic mass is 31.2. The van der Waals surface area contributed by atoms with Gasteiger partial charge in [-0.1, -0.05) is 84.9 Å². The molecule has 0 saturated carbocycles. The quantitative estimate of drug-likeness (QED) is 0.478. The third kappa shape index (κ3) is 3.29. The van der Waals surface area contributed by atoms with E-state index in [1.165, 1.54) is 21.5 Å². The Labute approximate surface area is 167 Å². The molecule has 0 amide bonds. The van der Waals surface area contributed by atoms with E-state index in [9.17, 15) is 5.11 Å². The summed E-state index contributed by atoms with van der Waals surface area (Å²) < 4.78 is 0. The number of hydrogen-bond acceptors (Lipinski definition) is 1. The summed E-state index contributed by atoms with van der Waals surface area (Å²) in [5, 5.41) is 14.6. The van der Waals surface area contributed by atoms with Crippen molar-refractivity contribution >= 4 is 23.2 Å². The Morgan fingerprint density at radius 2 is 0.821 bits per heavy atom. The lowest BCUT2D eigenvalue weighted by molar-refractivity contribution is 0.294. The third-order valence-corrected chi connectivity index (χ3v) is 10.0. The molecule has 0 heterocycles. The normalized spacial score (nSPS) is 12.5. The molecule has 0 bridgehead atoms. The number of hydrogen-bond donors (Lipinski definition) is 1. The number of aliphatic hydroxyl groups is 1. The van der Waals surface area contributed by atoms with Crippen LogP contribution >= 0.6 is 7.26 Å². The summed E-state index contributed by atoms with van der Waals surface area (Å²) in [5.41, 5.74) is 1.16. The van der Waals surface area contributed by atoms with Crippen LogP contribution in [0, 0.1) is 0 Å². The summed E-state index contributed by atoms with van der Waals surface area (Å²) in [6, 6.07) is 42.6. The lowest BCUT2D eigenvalue weighted by Crippen LogP contribution is -2.36. The zero-order valence-electron chi connectivity index (χ0n) is 15.7. The fourth-order valence-electron chi connectivity index (χ4n) is 4.10. The summed E-state index contributed by atoms with van der Waals surface area (Å²) in [4.78, 5) is 0. The molecule has 0 saturated heterocycles. The Morgan fingerprint density at radius 1 is 0.500 bits per heavy atom. The van der Waals surface area contributed by atoms with Crippen molar-refractivity contribution in [1.82, 2.24) is 0 Å². The first kappa shape index (κ1) is 18.6. The smallest absolute Gasteiger partial charge is 0.132 e. The molecule has 0 aliphatic carbocycles. The van der Waals surface area contributed by atoms with Gasteiger partial charge in [0.25, 0.3) is 0 Å². The van der Waals surface area contributed by atoms with Gasteiger partial charge in [0.2, 0.25) is 0 Å². The molecular weight excluding hydrogens is 359 g/mol. The van der Waals surface area contributed by atoms with E-state index in [1.54, 1.807) is 0 Å². The minimum Gasteiger partial charge on any atom is -0.392 e. The molecule has 0 radical (unpaired) electrons. The van der Waals surface area contributed by atoms with Crippen LogP contribution in [0.15, 0.2) is 121 Å². The van der Waals surface area contributed by atoms with Gasteiger partial charge in [-0.05, 0) is 42.0 Å². The average Bonchev–Trinajstić information content (AvgIpc) is 2.80. The SMILES string of the molecule is OC[C@H](c1ccccc1)[P+](c1ccccc1)(c1ccccc1)c1ccccc1. The van der Waals surface area contributed by atoms with Crippen LogP contribution < -0.4 is 15.9 Å². The Bertz CT molecular complexity index is 889. The predicted octanol–water partition coefficient (Wildman–Crippen LogP) is 4.71. The molecule has 138 valence electrons. The van der Waals surface area contributed by atoms with Crippen molar-refractivity contribution in [2.45, 2.75) is 5.66 Å². The summed E-state index contributed by atoms with van der Waals surface area (Å²) in [7, 11) is -2.14. The van der Waals surface area contributed by atoms with Gasteiger partial charge in [-0.25, -0.2) is 0 Å². The van der Waals surface area contributed by atoms with Crippen LogP contribution in [0.25, 0.3) is 0 Å². The second kappa shape index (κ2) is 8.52. The molecule has 4 aromatic rings. The van der Waals surface area contributed by atoms with E-state index in [0.717, 1.165) is 0 Å². The Balaban J connectivity index is 2.10. The lowest BCUT2D eigenvalue weighted by Gasteiger charge is -2.34. The molecule has 2 heteroatoms. The highest BCUT2D eigenvalue weighted by Crippen LogP contribution is 2.66. The van der Waals surface area contributed by atoms with E-state index in [2.05, 4.69) is 115 Å². The number of benzene rings is 4. The van der Waals surface area contributed by atoms with Crippen molar-refractivity contribution in [3.63, 3.8) is 0 Å².